The van der Waals surface area contributed by atoms with Crippen molar-refractivity contribution in [2.75, 3.05) is 6.54 Å². The zero-order chi connectivity index (χ0) is 12.7. The fraction of sp³-hybridized carbons (Fsp3) is 0.462. The van der Waals surface area contributed by atoms with E-state index < -0.39 is 0 Å². The average molecular weight is 252 g/mol. The third kappa shape index (κ3) is 4.71. The molecule has 0 unspecified atom stereocenters. The molecule has 0 aliphatic heterocycles. The van der Waals surface area contributed by atoms with E-state index >= 15 is 0 Å². The number of nitrogens with two attached hydrogens (primary N) is 1. The molecule has 1 amide bonds. The van der Waals surface area contributed by atoms with Gasteiger partial charge < -0.3 is 11.1 Å². The predicted octanol–water partition coefficient (Wildman–Crippen LogP) is 2.40. The summed E-state index contributed by atoms with van der Waals surface area (Å²) in [5, 5.41) is 4.82. The quantitative estimate of drug-likeness (QED) is 0.764. The Labute approximate surface area is 107 Å². The second-order valence-corrected chi connectivity index (χ2v) is 5.12. The van der Waals surface area contributed by atoms with Gasteiger partial charge in [-0.25, -0.2) is 0 Å². The zero-order valence-corrected chi connectivity index (χ0v) is 11.2. The van der Waals surface area contributed by atoms with E-state index in [2.05, 4.69) is 5.32 Å². The molecule has 0 saturated heterocycles. The molecule has 1 aromatic heterocycles. The van der Waals surface area contributed by atoms with Crippen molar-refractivity contribution < 1.29 is 4.79 Å². The molecule has 0 atom stereocenters. The van der Waals surface area contributed by atoms with E-state index in [4.69, 9.17) is 5.73 Å². The normalized spacial score (nSPS) is 11.9. The minimum Gasteiger partial charge on any atom is -0.351 e. The number of rotatable bonds is 6. The van der Waals surface area contributed by atoms with E-state index in [1.54, 1.807) is 17.4 Å². The number of nitrogens with one attached hydrogen (secondary N) is 1. The molecule has 1 aromatic rings. The van der Waals surface area contributed by atoms with Crippen LogP contribution in [0.3, 0.4) is 0 Å². The Balaban J connectivity index is 2.40. The van der Waals surface area contributed by atoms with Gasteiger partial charge in [0.25, 0.3) is 0 Å². The number of hydrogen-bond acceptors (Lipinski definition) is 3. The van der Waals surface area contributed by atoms with E-state index in [1.165, 1.54) is 0 Å². The van der Waals surface area contributed by atoms with Gasteiger partial charge in [-0.1, -0.05) is 19.9 Å². The third-order valence-corrected chi connectivity index (χ3v) is 3.80. The topological polar surface area (TPSA) is 55.1 Å². The lowest BCUT2D eigenvalue weighted by atomic mass is 9.94. The van der Waals surface area contributed by atoms with Crippen molar-refractivity contribution in [2.45, 2.75) is 32.2 Å². The zero-order valence-electron chi connectivity index (χ0n) is 10.4. The summed E-state index contributed by atoms with van der Waals surface area (Å²) >= 11 is 1.61. The predicted molar refractivity (Wildman–Crippen MR) is 73.9 cm³/mol. The molecule has 1 heterocycles. The van der Waals surface area contributed by atoms with Gasteiger partial charge in [-0.2, -0.15) is 0 Å². The van der Waals surface area contributed by atoms with Gasteiger partial charge in [0.1, 0.15) is 0 Å². The Kier molecular flexibility index (Phi) is 5.38. The molecule has 1 rings (SSSR count). The van der Waals surface area contributed by atoms with Crippen molar-refractivity contribution in [3.63, 3.8) is 0 Å². The lowest BCUT2D eigenvalue weighted by Gasteiger charge is -2.26. The first-order valence-corrected chi connectivity index (χ1v) is 6.76. The second kappa shape index (κ2) is 6.57. The molecule has 0 fully saturated rings. The molecule has 94 valence electrons. The monoisotopic (exact) mass is 252 g/mol. The molecule has 0 spiro atoms. The number of amides is 1. The summed E-state index contributed by atoms with van der Waals surface area (Å²) in [6, 6.07) is 3.93. The van der Waals surface area contributed by atoms with Crippen LogP contribution in [0.4, 0.5) is 0 Å². The molecule has 0 saturated carbocycles. The third-order valence-electron chi connectivity index (χ3n) is 2.97. The first-order valence-electron chi connectivity index (χ1n) is 5.88. The molecular weight excluding hydrogens is 232 g/mol. The summed E-state index contributed by atoms with van der Waals surface area (Å²) in [5.74, 6) is -0.0878. The standard InChI is InChI=1S/C13H20N2OS/c1-3-13(14,4-2)10-15-12(16)8-7-11-6-5-9-17-11/h5-9H,3-4,10,14H2,1-2H3,(H,15,16)/b8-7+. The maximum atomic E-state index is 11.6. The number of hydrogen-bond donors (Lipinski definition) is 2. The molecule has 0 aromatic carbocycles. The van der Waals surface area contributed by atoms with Crippen molar-refractivity contribution in [3.05, 3.63) is 28.5 Å². The van der Waals surface area contributed by atoms with Crippen LogP contribution < -0.4 is 11.1 Å². The fourth-order valence-corrected chi connectivity index (χ4v) is 1.98. The van der Waals surface area contributed by atoms with Gasteiger partial charge in [-0.3, -0.25) is 4.79 Å². The van der Waals surface area contributed by atoms with Crippen LogP contribution in [0.2, 0.25) is 0 Å². The Morgan fingerprint density at radius 1 is 1.53 bits per heavy atom. The molecule has 0 aliphatic rings. The molecule has 0 aliphatic carbocycles. The second-order valence-electron chi connectivity index (χ2n) is 4.14. The summed E-state index contributed by atoms with van der Waals surface area (Å²) < 4.78 is 0. The van der Waals surface area contributed by atoms with Crippen molar-refractivity contribution in [2.24, 2.45) is 5.73 Å². The molecule has 0 bridgehead atoms. The summed E-state index contributed by atoms with van der Waals surface area (Å²) in [6.07, 6.45) is 5.09. The van der Waals surface area contributed by atoms with Gasteiger partial charge in [0.05, 0.1) is 0 Å². The molecular formula is C13H20N2OS. The van der Waals surface area contributed by atoms with E-state index in [0.29, 0.717) is 6.54 Å². The molecule has 3 nitrogen and oxygen atoms in total. The maximum Gasteiger partial charge on any atom is 0.244 e. The Bertz CT molecular complexity index is 367. The highest BCUT2D eigenvalue weighted by Gasteiger charge is 2.20. The SMILES string of the molecule is CCC(N)(CC)CNC(=O)/C=C/c1cccs1. The van der Waals surface area contributed by atoms with Crippen LogP contribution in [0.5, 0.6) is 0 Å². The number of carbonyl (C=O) groups is 1. The van der Waals surface area contributed by atoms with Gasteiger partial charge in [0.15, 0.2) is 0 Å². The minimum atomic E-state index is -0.285. The lowest BCUT2D eigenvalue weighted by Crippen LogP contribution is -2.48. The van der Waals surface area contributed by atoms with Crippen molar-refractivity contribution in [3.8, 4) is 0 Å². The summed E-state index contributed by atoms with van der Waals surface area (Å²) in [4.78, 5) is 12.6. The van der Waals surface area contributed by atoms with Crippen LogP contribution in [0.25, 0.3) is 6.08 Å². The van der Waals surface area contributed by atoms with Gasteiger partial charge in [0.2, 0.25) is 5.91 Å². The van der Waals surface area contributed by atoms with E-state index in [1.807, 2.05) is 37.4 Å². The fourth-order valence-electron chi connectivity index (χ4n) is 1.37. The highest BCUT2D eigenvalue weighted by atomic mass is 32.1. The Morgan fingerprint density at radius 2 is 2.24 bits per heavy atom. The van der Waals surface area contributed by atoms with Crippen LogP contribution in [-0.4, -0.2) is 18.0 Å². The smallest absolute Gasteiger partial charge is 0.244 e. The highest BCUT2D eigenvalue weighted by Crippen LogP contribution is 2.11. The largest absolute Gasteiger partial charge is 0.351 e. The van der Waals surface area contributed by atoms with Crippen LogP contribution in [0.1, 0.15) is 31.6 Å². The highest BCUT2D eigenvalue weighted by molar-refractivity contribution is 7.10. The van der Waals surface area contributed by atoms with Crippen LogP contribution in [0, 0.1) is 0 Å². The average Bonchev–Trinajstić information content (AvgIpc) is 2.86. The summed E-state index contributed by atoms with van der Waals surface area (Å²) in [7, 11) is 0. The summed E-state index contributed by atoms with van der Waals surface area (Å²) in [6.45, 7) is 4.60. The Morgan fingerprint density at radius 3 is 2.76 bits per heavy atom. The van der Waals surface area contributed by atoms with E-state index in [-0.39, 0.29) is 11.4 Å². The van der Waals surface area contributed by atoms with E-state index in [0.717, 1.165) is 17.7 Å². The van der Waals surface area contributed by atoms with Gasteiger partial charge >= 0.3 is 0 Å². The van der Waals surface area contributed by atoms with Crippen LogP contribution in [0.15, 0.2) is 23.6 Å². The molecule has 4 heteroatoms. The summed E-state index contributed by atoms with van der Waals surface area (Å²) in [5.41, 5.74) is 5.81. The first kappa shape index (κ1) is 13.9. The lowest BCUT2D eigenvalue weighted by molar-refractivity contribution is -0.116. The van der Waals surface area contributed by atoms with Gasteiger partial charge in [0, 0.05) is 23.0 Å². The molecule has 0 radical (unpaired) electrons. The van der Waals surface area contributed by atoms with Gasteiger partial charge in [-0.05, 0) is 30.4 Å². The number of carbonyl (C=O) groups excluding carboxylic acids is 1. The van der Waals surface area contributed by atoms with E-state index in [9.17, 15) is 4.79 Å². The van der Waals surface area contributed by atoms with Crippen molar-refractivity contribution in [1.29, 1.82) is 0 Å². The van der Waals surface area contributed by atoms with Crippen molar-refractivity contribution >= 4 is 23.3 Å². The molecule has 17 heavy (non-hydrogen) atoms. The van der Waals surface area contributed by atoms with Crippen LogP contribution in [-0.2, 0) is 4.79 Å². The minimum absolute atomic E-state index is 0.0878. The molecule has 3 N–H and O–H groups in total. The van der Waals surface area contributed by atoms with Crippen LogP contribution >= 0.6 is 11.3 Å². The van der Waals surface area contributed by atoms with Gasteiger partial charge in [-0.15, -0.1) is 11.3 Å². The Hall–Kier alpha value is -1.13. The number of thiophene rings is 1. The first-order chi connectivity index (χ1) is 8.09. The maximum absolute atomic E-state index is 11.6. The van der Waals surface area contributed by atoms with Crippen molar-refractivity contribution in [1.82, 2.24) is 5.32 Å².